The number of hydrogen-bond donors (Lipinski definition) is 2. The van der Waals surface area contributed by atoms with E-state index in [9.17, 15) is 10.1 Å². The Kier molecular flexibility index (Phi) is 8.26. The van der Waals surface area contributed by atoms with Gasteiger partial charge in [-0.25, -0.2) is 0 Å². The van der Waals surface area contributed by atoms with Gasteiger partial charge in [-0.15, -0.1) is 0 Å². The van der Waals surface area contributed by atoms with E-state index >= 15 is 0 Å². The molecule has 0 saturated carbocycles. The predicted molar refractivity (Wildman–Crippen MR) is 124 cm³/mol. The number of benzene rings is 2. The highest BCUT2D eigenvalue weighted by molar-refractivity contribution is 5.97. The molecule has 2 aromatic carbocycles. The van der Waals surface area contributed by atoms with Gasteiger partial charge in [-0.3, -0.25) is 9.69 Å². The fraction of sp³-hybridized carbons (Fsp3) is 0.385. The van der Waals surface area contributed by atoms with E-state index in [1.54, 1.807) is 6.20 Å². The van der Waals surface area contributed by atoms with Gasteiger partial charge in [0, 0.05) is 31.9 Å². The Bertz CT molecular complexity index is 907. The van der Waals surface area contributed by atoms with Crippen molar-refractivity contribution in [1.82, 2.24) is 15.5 Å². The van der Waals surface area contributed by atoms with E-state index in [4.69, 9.17) is 0 Å². The van der Waals surface area contributed by atoms with Crippen LogP contribution in [0.3, 0.4) is 0 Å². The van der Waals surface area contributed by atoms with Gasteiger partial charge in [0.1, 0.15) is 11.6 Å². The van der Waals surface area contributed by atoms with Crippen LogP contribution in [-0.2, 0) is 17.8 Å². The third-order valence-corrected chi connectivity index (χ3v) is 5.90. The maximum Gasteiger partial charge on any atom is 0.263 e. The van der Waals surface area contributed by atoms with Gasteiger partial charge in [-0.1, -0.05) is 61.5 Å². The molecule has 5 nitrogen and oxygen atoms in total. The Hall–Kier alpha value is -3.10. The lowest BCUT2D eigenvalue weighted by Gasteiger charge is -2.32. The van der Waals surface area contributed by atoms with Gasteiger partial charge in [0.15, 0.2) is 0 Å². The number of rotatable bonds is 8. The zero-order valence-electron chi connectivity index (χ0n) is 18.5. The minimum Gasteiger partial charge on any atom is -0.387 e. The number of nitrogens with one attached hydrogen (secondary N) is 2. The fourth-order valence-corrected chi connectivity index (χ4v) is 3.85. The summed E-state index contributed by atoms with van der Waals surface area (Å²) in [5, 5.41) is 15.7. The normalized spacial score (nSPS) is 16.4. The maximum absolute atomic E-state index is 12.6. The van der Waals surface area contributed by atoms with Gasteiger partial charge >= 0.3 is 0 Å². The molecule has 5 heteroatoms. The Balaban J connectivity index is 1.47. The molecule has 1 saturated heterocycles. The first-order valence-corrected chi connectivity index (χ1v) is 11.1. The second-order valence-corrected chi connectivity index (χ2v) is 8.16. The number of carbonyl (C=O) groups is 1. The average Bonchev–Trinajstić information content (AvgIpc) is 2.81. The lowest BCUT2D eigenvalue weighted by atomic mass is 10.0. The summed E-state index contributed by atoms with van der Waals surface area (Å²) in [6, 6.07) is 20.9. The smallest absolute Gasteiger partial charge is 0.263 e. The lowest BCUT2D eigenvalue weighted by molar-refractivity contribution is -0.117. The summed E-state index contributed by atoms with van der Waals surface area (Å²) in [4.78, 5) is 15.0. The molecule has 0 aliphatic carbocycles. The first-order chi connectivity index (χ1) is 15.1. The Morgan fingerprint density at radius 3 is 2.42 bits per heavy atom. The van der Waals surface area contributed by atoms with Crippen molar-refractivity contribution in [2.75, 3.05) is 13.1 Å². The first kappa shape index (κ1) is 22.6. The molecule has 0 radical (unpaired) electrons. The van der Waals surface area contributed by atoms with Crippen LogP contribution in [0.2, 0.25) is 0 Å². The van der Waals surface area contributed by atoms with Gasteiger partial charge in [0.05, 0.1) is 6.04 Å². The van der Waals surface area contributed by atoms with Crippen LogP contribution in [0, 0.1) is 11.3 Å². The Morgan fingerprint density at radius 2 is 1.81 bits per heavy atom. The summed E-state index contributed by atoms with van der Waals surface area (Å²) >= 11 is 0. The molecule has 2 N–H and O–H groups in total. The summed E-state index contributed by atoms with van der Waals surface area (Å²) in [6.07, 6.45) is 4.55. The van der Waals surface area contributed by atoms with Crippen molar-refractivity contribution in [3.63, 3.8) is 0 Å². The van der Waals surface area contributed by atoms with Crippen molar-refractivity contribution in [3.8, 4) is 6.07 Å². The molecule has 1 heterocycles. The SMILES string of the molecule is CCc1ccc(C(C)NC(=O)/C(C#N)=C\NC2CCN(Cc3ccccc3)CC2)cc1. The second kappa shape index (κ2) is 11.3. The Morgan fingerprint density at radius 1 is 1.13 bits per heavy atom. The van der Waals surface area contributed by atoms with Crippen LogP contribution in [0.25, 0.3) is 0 Å². The first-order valence-electron chi connectivity index (χ1n) is 11.1. The topological polar surface area (TPSA) is 68.2 Å². The third-order valence-electron chi connectivity index (χ3n) is 5.90. The van der Waals surface area contributed by atoms with E-state index in [-0.39, 0.29) is 23.6 Å². The second-order valence-electron chi connectivity index (χ2n) is 8.16. The number of nitriles is 1. The van der Waals surface area contributed by atoms with E-state index in [0.717, 1.165) is 44.5 Å². The molecule has 1 aliphatic rings. The van der Waals surface area contributed by atoms with E-state index in [1.807, 2.05) is 31.2 Å². The van der Waals surface area contributed by atoms with Crippen LogP contribution in [0.1, 0.15) is 49.4 Å². The van der Waals surface area contributed by atoms with Crippen molar-refractivity contribution < 1.29 is 4.79 Å². The molecule has 0 spiro atoms. The summed E-state index contributed by atoms with van der Waals surface area (Å²) < 4.78 is 0. The molecule has 1 atom stereocenters. The van der Waals surface area contributed by atoms with Gasteiger partial charge in [0.2, 0.25) is 0 Å². The molecular formula is C26H32N4O. The number of carbonyl (C=O) groups excluding carboxylic acids is 1. The van der Waals surface area contributed by atoms with E-state index < -0.39 is 0 Å². The monoisotopic (exact) mass is 416 g/mol. The standard InChI is InChI=1S/C26H32N4O/c1-3-21-9-11-23(12-10-21)20(2)29-26(31)24(17-27)18-28-25-13-15-30(16-14-25)19-22-7-5-4-6-8-22/h4-12,18,20,25,28H,3,13-16,19H2,1-2H3,(H,29,31)/b24-18-. The zero-order valence-corrected chi connectivity index (χ0v) is 18.5. The van der Waals surface area contributed by atoms with Gasteiger partial charge in [0.25, 0.3) is 5.91 Å². The molecule has 1 unspecified atom stereocenters. The predicted octanol–water partition coefficient (Wildman–Crippen LogP) is 4.09. The van der Waals surface area contributed by atoms with Crippen molar-refractivity contribution in [2.24, 2.45) is 0 Å². The summed E-state index contributed by atoms with van der Waals surface area (Å²) in [5.41, 5.74) is 3.74. The molecule has 1 amide bonds. The highest BCUT2D eigenvalue weighted by Crippen LogP contribution is 2.16. The van der Waals surface area contributed by atoms with Crippen molar-refractivity contribution in [1.29, 1.82) is 5.26 Å². The Labute approximate surface area is 185 Å². The minimum atomic E-state index is -0.344. The quantitative estimate of drug-likeness (QED) is 0.502. The average molecular weight is 417 g/mol. The molecular weight excluding hydrogens is 384 g/mol. The third kappa shape index (κ3) is 6.70. The van der Waals surface area contributed by atoms with Crippen LogP contribution in [0.15, 0.2) is 66.4 Å². The zero-order chi connectivity index (χ0) is 22.1. The van der Waals surface area contributed by atoms with Crippen LogP contribution in [0.5, 0.6) is 0 Å². The van der Waals surface area contributed by atoms with Crippen LogP contribution >= 0.6 is 0 Å². The molecule has 0 bridgehead atoms. The van der Waals surface area contributed by atoms with Gasteiger partial charge in [-0.05, 0) is 42.9 Å². The summed E-state index contributed by atoms with van der Waals surface area (Å²) in [6.45, 7) is 7.01. The van der Waals surface area contributed by atoms with Gasteiger partial charge in [-0.2, -0.15) is 5.26 Å². The molecule has 162 valence electrons. The minimum absolute atomic E-state index is 0.115. The molecule has 2 aromatic rings. The number of nitrogens with zero attached hydrogens (tertiary/aromatic N) is 2. The van der Waals surface area contributed by atoms with Gasteiger partial charge < -0.3 is 10.6 Å². The van der Waals surface area contributed by atoms with Crippen LogP contribution < -0.4 is 10.6 Å². The van der Waals surface area contributed by atoms with Crippen molar-refractivity contribution >= 4 is 5.91 Å². The molecule has 0 aromatic heterocycles. The lowest BCUT2D eigenvalue weighted by Crippen LogP contribution is -2.40. The highest BCUT2D eigenvalue weighted by atomic mass is 16.1. The maximum atomic E-state index is 12.6. The number of hydrogen-bond acceptors (Lipinski definition) is 4. The van der Waals surface area contributed by atoms with Crippen LogP contribution in [-0.4, -0.2) is 29.9 Å². The molecule has 3 rings (SSSR count). The number of aryl methyl sites for hydroxylation is 1. The number of piperidine rings is 1. The molecule has 31 heavy (non-hydrogen) atoms. The van der Waals surface area contributed by atoms with E-state index in [0.29, 0.717) is 0 Å². The van der Waals surface area contributed by atoms with E-state index in [1.165, 1.54) is 11.1 Å². The summed E-state index contributed by atoms with van der Waals surface area (Å²) in [7, 11) is 0. The number of likely N-dealkylation sites (tertiary alicyclic amines) is 1. The number of amides is 1. The molecule has 1 fully saturated rings. The summed E-state index contributed by atoms with van der Waals surface area (Å²) in [5.74, 6) is -0.344. The van der Waals surface area contributed by atoms with Crippen molar-refractivity contribution in [3.05, 3.63) is 83.1 Å². The van der Waals surface area contributed by atoms with Crippen molar-refractivity contribution in [2.45, 2.75) is 51.7 Å². The van der Waals surface area contributed by atoms with Crippen LogP contribution in [0.4, 0.5) is 0 Å². The largest absolute Gasteiger partial charge is 0.387 e. The molecule has 1 aliphatic heterocycles. The highest BCUT2D eigenvalue weighted by Gasteiger charge is 2.19. The fourth-order valence-electron chi connectivity index (χ4n) is 3.85. The van der Waals surface area contributed by atoms with E-state index in [2.05, 4.69) is 58.9 Å².